The maximum Gasteiger partial charge on any atom is 0.159 e. The van der Waals surface area contributed by atoms with Crippen LogP contribution in [0.3, 0.4) is 0 Å². The van der Waals surface area contributed by atoms with Gasteiger partial charge in [0.05, 0.1) is 27.9 Å². The third kappa shape index (κ3) is 6.14. The Labute approximate surface area is 450 Å². The van der Waals surface area contributed by atoms with Gasteiger partial charge in [-0.2, -0.15) is 0 Å². The SMILES string of the molecule is C=C(/C=c1\c(=C)n2c3c(c4cccc1c42)C=C1C(C3)c2cccc3c4cc(N(c5ccccc5)c5cccc6c5oc5c(C(C)C)cccc56)ccc4n1c23)N(c1ccccc1)c1cccc2c1oc1c(C(C)C)cccc12. The van der Waals surface area contributed by atoms with E-state index in [-0.39, 0.29) is 5.92 Å². The average molecular weight is 1010 g/mol. The number of anilines is 5. The van der Waals surface area contributed by atoms with E-state index in [9.17, 15) is 0 Å². The fourth-order valence-corrected chi connectivity index (χ4v) is 13.7. The van der Waals surface area contributed by atoms with Crippen LogP contribution in [0.4, 0.5) is 28.4 Å². The highest BCUT2D eigenvalue weighted by molar-refractivity contribution is 6.18. The van der Waals surface area contributed by atoms with Crippen molar-refractivity contribution in [3.8, 4) is 0 Å². The predicted molar refractivity (Wildman–Crippen MR) is 327 cm³/mol. The van der Waals surface area contributed by atoms with Crippen LogP contribution in [0.5, 0.6) is 0 Å². The first kappa shape index (κ1) is 44.7. The molecule has 78 heavy (non-hydrogen) atoms. The van der Waals surface area contributed by atoms with Crippen molar-refractivity contribution >= 4 is 135 Å². The summed E-state index contributed by atoms with van der Waals surface area (Å²) >= 11 is 0. The molecule has 9 aromatic carbocycles. The number of aromatic nitrogens is 2. The third-order valence-electron chi connectivity index (χ3n) is 17.2. The zero-order chi connectivity index (χ0) is 52.2. The Morgan fingerprint density at radius 2 is 1.10 bits per heavy atom. The molecular formula is C72H54N4O2. The van der Waals surface area contributed by atoms with Gasteiger partial charge in [0.2, 0.25) is 0 Å². The Kier molecular flexibility index (Phi) is 9.46. The molecule has 0 saturated carbocycles. The minimum absolute atomic E-state index is 0.177. The number of hydrogen-bond acceptors (Lipinski definition) is 4. The van der Waals surface area contributed by atoms with E-state index in [1.807, 2.05) is 0 Å². The normalized spacial score (nSPS) is 14.5. The lowest BCUT2D eigenvalue weighted by atomic mass is 9.86. The van der Waals surface area contributed by atoms with E-state index in [2.05, 4.69) is 247 Å². The number of para-hydroxylation sites is 8. The fraction of sp³-hybridized carbons (Fsp3) is 0.111. The summed E-state index contributed by atoms with van der Waals surface area (Å²) in [5, 5.41) is 11.4. The van der Waals surface area contributed by atoms with E-state index in [0.29, 0.717) is 11.8 Å². The summed E-state index contributed by atoms with van der Waals surface area (Å²) in [5.74, 6) is 0.829. The number of allylic oxidation sites excluding steroid dienone is 2. The number of hydrogen-bond donors (Lipinski definition) is 0. The molecule has 0 saturated heterocycles. The van der Waals surface area contributed by atoms with Gasteiger partial charge in [-0.3, -0.25) is 0 Å². The van der Waals surface area contributed by atoms with Crippen molar-refractivity contribution in [3.05, 3.63) is 239 Å². The molecule has 0 radical (unpaired) electrons. The lowest BCUT2D eigenvalue weighted by Gasteiger charge is -2.26. The molecule has 6 heteroatoms. The van der Waals surface area contributed by atoms with Gasteiger partial charge in [0.25, 0.3) is 0 Å². The van der Waals surface area contributed by atoms with Crippen LogP contribution in [0.15, 0.2) is 209 Å². The Hall–Kier alpha value is -9.52. The fourth-order valence-electron chi connectivity index (χ4n) is 13.7. The van der Waals surface area contributed by atoms with E-state index in [1.54, 1.807) is 0 Å². The van der Waals surface area contributed by atoms with Crippen molar-refractivity contribution in [2.45, 2.75) is 51.9 Å². The van der Waals surface area contributed by atoms with Gasteiger partial charge in [-0.25, -0.2) is 0 Å². The van der Waals surface area contributed by atoms with Crippen LogP contribution in [-0.2, 0) is 6.42 Å². The molecule has 0 N–H and O–H groups in total. The van der Waals surface area contributed by atoms with Crippen molar-refractivity contribution in [1.29, 1.82) is 0 Å². The van der Waals surface area contributed by atoms with Crippen LogP contribution in [0.1, 0.15) is 73.4 Å². The zero-order valence-corrected chi connectivity index (χ0v) is 44.0. The molecule has 374 valence electrons. The maximum absolute atomic E-state index is 6.95. The second-order valence-electron chi connectivity index (χ2n) is 22.1. The summed E-state index contributed by atoms with van der Waals surface area (Å²) in [6.45, 7) is 18.6. The molecular weight excluding hydrogens is 953 g/mol. The highest BCUT2D eigenvalue weighted by atomic mass is 16.3. The van der Waals surface area contributed by atoms with Crippen molar-refractivity contribution in [2.24, 2.45) is 0 Å². The molecule has 1 aliphatic heterocycles. The summed E-state index contributed by atoms with van der Waals surface area (Å²) in [6.07, 6.45) is 5.57. The number of furan rings is 2. The van der Waals surface area contributed by atoms with Crippen LogP contribution in [0.2, 0.25) is 0 Å². The first-order valence-corrected chi connectivity index (χ1v) is 27.4. The molecule has 16 rings (SSSR count). The van der Waals surface area contributed by atoms with Gasteiger partial charge in [0.1, 0.15) is 11.2 Å². The molecule has 1 unspecified atom stereocenters. The molecule has 6 heterocycles. The van der Waals surface area contributed by atoms with E-state index >= 15 is 0 Å². The molecule has 0 amide bonds. The van der Waals surface area contributed by atoms with Crippen LogP contribution in [-0.4, -0.2) is 8.97 Å². The number of fused-ring (bicyclic) bond motifs is 15. The Morgan fingerprint density at radius 1 is 0.538 bits per heavy atom. The molecule has 6 nitrogen and oxygen atoms in total. The molecule has 2 aliphatic rings. The molecule has 1 aliphatic carbocycles. The Bertz CT molecular complexity index is 5010. The second-order valence-corrected chi connectivity index (χ2v) is 22.1. The van der Waals surface area contributed by atoms with Crippen LogP contribution >= 0.6 is 0 Å². The molecule has 5 aromatic heterocycles. The van der Waals surface area contributed by atoms with E-state index in [0.717, 1.165) is 100 Å². The number of nitrogens with zero attached hydrogens (tertiary/aromatic N) is 4. The van der Waals surface area contributed by atoms with Gasteiger partial charge in [-0.05, 0) is 95.3 Å². The van der Waals surface area contributed by atoms with Crippen LogP contribution < -0.4 is 20.4 Å². The minimum Gasteiger partial charge on any atom is -0.454 e. The molecule has 0 bridgehead atoms. The first-order chi connectivity index (χ1) is 38.2. The summed E-state index contributed by atoms with van der Waals surface area (Å²) in [5.41, 5.74) is 21.0. The van der Waals surface area contributed by atoms with Gasteiger partial charge in [0, 0.05) is 106 Å². The Balaban J connectivity index is 0.831. The molecule has 0 fully saturated rings. The van der Waals surface area contributed by atoms with Crippen LogP contribution in [0, 0.1) is 0 Å². The van der Waals surface area contributed by atoms with Gasteiger partial charge >= 0.3 is 0 Å². The van der Waals surface area contributed by atoms with Crippen molar-refractivity contribution in [1.82, 2.24) is 8.97 Å². The van der Waals surface area contributed by atoms with E-state index < -0.39 is 0 Å². The quantitative estimate of drug-likeness (QED) is 0.144. The summed E-state index contributed by atoms with van der Waals surface area (Å²) in [7, 11) is 0. The maximum atomic E-state index is 6.95. The minimum atomic E-state index is 0.177. The highest BCUT2D eigenvalue weighted by Crippen LogP contribution is 2.53. The third-order valence-corrected chi connectivity index (χ3v) is 17.2. The van der Waals surface area contributed by atoms with Crippen molar-refractivity contribution in [2.75, 3.05) is 9.80 Å². The Morgan fingerprint density at radius 3 is 1.78 bits per heavy atom. The topological polar surface area (TPSA) is 42.1 Å². The molecule has 14 aromatic rings. The zero-order valence-electron chi connectivity index (χ0n) is 44.0. The monoisotopic (exact) mass is 1010 g/mol. The van der Waals surface area contributed by atoms with Crippen LogP contribution in [0.25, 0.3) is 106 Å². The highest BCUT2D eigenvalue weighted by Gasteiger charge is 2.37. The smallest absolute Gasteiger partial charge is 0.159 e. The predicted octanol–water partition coefficient (Wildman–Crippen LogP) is 18.3. The average Bonchev–Trinajstić information content (AvgIpc) is 4.41. The van der Waals surface area contributed by atoms with Gasteiger partial charge in [-0.1, -0.05) is 174 Å². The first-order valence-electron chi connectivity index (χ1n) is 27.4. The molecule has 1 atom stereocenters. The number of rotatable bonds is 9. The number of benzene rings is 9. The van der Waals surface area contributed by atoms with Gasteiger partial charge < -0.3 is 27.6 Å². The summed E-state index contributed by atoms with van der Waals surface area (Å²) in [6, 6.07) is 68.0. The largest absolute Gasteiger partial charge is 0.454 e. The van der Waals surface area contributed by atoms with E-state index in [4.69, 9.17) is 22.0 Å². The molecule has 0 spiro atoms. The standard InChI is InChI=1S/C72H54N4O2/c1-41(2)48-23-13-29-54-56-31-17-33-63(71(56)77-69(48)54)73(45-19-9-7-10-20-45)43(5)37-58-44(6)74-65-39-61-53-28-16-26-51-59-38-47(35-36-62(59)76(68(51)53)66(61)40-60(65)52-27-15-25-50(58)67(52)74)75(46-21-11-8-12-22-46)64-34-18-32-57-55-30-14-24-49(42(3)4)70(55)78-72(57)64/h7-38,40-42,61H,5-6,39H2,1-4H3/b58-37+. The van der Waals surface area contributed by atoms with Crippen molar-refractivity contribution in [3.63, 3.8) is 0 Å². The second kappa shape index (κ2) is 16.5. The lowest BCUT2D eigenvalue weighted by Crippen LogP contribution is -2.28. The lowest BCUT2D eigenvalue weighted by molar-refractivity contribution is 0.656. The summed E-state index contributed by atoms with van der Waals surface area (Å²) in [4.78, 5) is 4.60. The van der Waals surface area contributed by atoms with Gasteiger partial charge in [0.15, 0.2) is 11.2 Å². The summed E-state index contributed by atoms with van der Waals surface area (Å²) < 4.78 is 18.9. The van der Waals surface area contributed by atoms with Crippen molar-refractivity contribution < 1.29 is 8.83 Å². The van der Waals surface area contributed by atoms with E-state index in [1.165, 1.54) is 66.4 Å². The van der Waals surface area contributed by atoms with Gasteiger partial charge in [-0.15, -0.1) is 0 Å².